The molecule has 33 heavy (non-hydrogen) atoms. The first-order chi connectivity index (χ1) is 15.9. The zero-order valence-corrected chi connectivity index (χ0v) is 19.8. The van der Waals surface area contributed by atoms with Crippen molar-refractivity contribution in [2.24, 2.45) is 5.92 Å². The number of amides is 1. The molecule has 0 N–H and O–H groups in total. The first-order valence-corrected chi connectivity index (χ1v) is 12.7. The fraction of sp³-hybridized carbons (Fsp3) is 0.458. The molecule has 1 saturated heterocycles. The largest absolute Gasteiger partial charge is 0.497 e. The molecule has 0 spiro atoms. The van der Waals surface area contributed by atoms with Gasteiger partial charge in [-0.25, -0.2) is 8.42 Å². The monoisotopic (exact) mass is 474 g/mol. The Kier molecular flexibility index (Phi) is 7.09. The lowest BCUT2D eigenvalue weighted by atomic mass is 9.97. The average molecular weight is 475 g/mol. The molecule has 0 bridgehead atoms. The van der Waals surface area contributed by atoms with Gasteiger partial charge in [0.15, 0.2) is 11.5 Å². The number of piperidine rings is 1. The molecule has 1 atom stereocenters. The normalized spacial score (nSPS) is 18.5. The van der Waals surface area contributed by atoms with Crippen LogP contribution in [0.5, 0.6) is 17.2 Å². The first kappa shape index (κ1) is 23.4. The number of nitrogens with zero attached hydrogens (tertiary/aromatic N) is 2. The van der Waals surface area contributed by atoms with E-state index in [4.69, 9.17) is 14.2 Å². The van der Waals surface area contributed by atoms with E-state index in [0.717, 1.165) is 5.56 Å². The van der Waals surface area contributed by atoms with Crippen LogP contribution in [-0.2, 0) is 21.4 Å². The summed E-state index contributed by atoms with van der Waals surface area (Å²) in [6, 6.07) is 12.0. The zero-order chi connectivity index (χ0) is 23.4. The highest BCUT2D eigenvalue weighted by Crippen LogP contribution is 2.35. The van der Waals surface area contributed by atoms with Gasteiger partial charge in [0.1, 0.15) is 19.0 Å². The maximum Gasteiger partial charge on any atom is 0.243 e. The van der Waals surface area contributed by atoms with E-state index in [1.807, 2.05) is 25.1 Å². The lowest BCUT2D eigenvalue weighted by Crippen LogP contribution is -2.46. The van der Waals surface area contributed by atoms with E-state index in [9.17, 15) is 13.2 Å². The Bertz CT molecular complexity index is 1090. The molecule has 1 fully saturated rings. The minimum absolute atomic E-state index is 0.0403. The van der Waals surface area contributed by atoms with Crippen LogP contribution >= 0.6 is 0 Å². The standard InChI is InChI=1S/C24H30N2O6S/c1-3-25(16-18-6-4-8-22-23(18)32-15-14-31-22)24(27)19-7-5-13-26(17-19)33(28,29)21-11-9-20(30-2)10-12-21/h4,6,8-12,19H,3,5,7,13-17H2,1-2H3. The second-order valence-electron chi connectivity index (χ2n) is 8.17. The number of carbonyl (C=O) groups is 1. The molecule has 0 radical (unpaired) electrons. The number of hydrogen-bond acceptors (Lipinski definition) is 6. The van der Waals surface area contributed by atoms with Crippen LogP contribution in [0.1, 0.15) is 25.3 Å². The van der Waals surface area contributed by atoms with Crippen molar-refractivity contribution in [3.05, 3.63) is 48.0 Å². The van der Waals surface area contributed by atoms with Crippen molar-refractivity contribution in [2.75, 3.05) is 40.0 Å². The summed E-state index contributed by atoms with van der Waals surface area (Å²) in [5.41, 5.74) is 0.890. The van der Waals surface area contributed by atoms with Crippen molar-refractivity contribution in [2.45, 2.75) is 31.2 Å². The molecule has 0 saturated carbocycles. The van der Waals surface area contributed by atoms with Gasteiger partial charge in [0.2, 0.25) is 15.9 Å². The second kappa shape index (κ2) is 10.0. The Hall–Kier alpha value is -2.78. The van der Waals surface area contributed by atoms with E-state index >= 15 is 0 Å². The molecular weight excluding hydrogens is 444 g/mol. The van der Waals surface area contributed by atoms with E-state index < -0.39 is 10.0 Å². The number of sulfonamides is 1. The smallest absolute Gasteiger partial charge is 0.243 e. The van der Waals surface area contributed by atoms with Crippen molar-refractivity contribution in [1.29, 1.82) is 0 Å². The molecule has 0 aromatic heterocycles. The summed E-state index contributed by atoms with van der Waals surface area (Å²) in [6.45, 7) is 4.41. The molecule has 1 unspecified atom stereocenters. The quantitative estimate of drug-likeness (QED) is 0.614. The summed E-state index contributed by atoms with van der Waals surface area (Å²) in [6.07, 6.45) is 1.30. The molecule has 2 heterocycles. The molecule has 4 rings (SSSR count). The molecule has 178 valence electrons. The molecule has 2 aliphatic heterocycles. The third-order valence-electron chi connectivity index (χ3n) is 6.13. The van der Waals surface area contributed by atoms with Gasteiger partial charge < -0.3 is 19.1 Å². The lowest BCUT2D eigenvalue weighted by molar-refractivity contribution is -0.137. The van der Waals surface area contributed by atoms with Crippen molar-refractivity contribution in [1.82, 2.24) is 9.21 Å². The van der Waals surface area contributed by atoms with Crippen LogP contribution < -0.4 is 14.2 Å². The van der Waals surface area contributed by atoms with E-state index in [-0.39, 0.29) is 23.3 Å². The Labute approximate surface area is 195 Å². The number of carbonyl (C=O) groups excluding carboxylic acids is 1. The molecular formula is C24H30N2O6S. The molecule has 2 aromatic rings. The van der Waals surface area contributed by atoms with E-state index in [1.165, 1.54) is 11.4 Å². The summed E-state index contributed by atoms with van der Waals surface area (Å²) < 4.78 is 44.3. The Morgan fingerprint density at radius 1 is 1.15 bits per heavy atom. The molecule has 8 nitrogen and oxygen atoms in total. The van der Waals surface area contributed by atoms with Crippen LogP contribution in [-0.4, -0.2) is 63.5 Å². The molecule has 2 aromatic carbocycles. The van der Waals surface area contributed by atoms with Crippen molar-refractivity contribution in [3.63, 3.8) is 0 Å². The summed E-state index contributed by atoms with van der Waals surface area (Å²) >= 11 is 0. The van der Waals surface area contributed by atoms with Gasteiger partial charge in [0.05, 0.1) is 17.9 Å². The Morgan fingerprint density at radius 3 is 2.64 bits per heavy atom. The van der Waals surface area contributed by atoms with Gasteiger partial charge in [-0.15, -0.1) is 0 Å². The highest BCUT2D eigenvalue weighted by atomic mass is 32.2. The van der Waals surface area contributed by atoms with Crippen molar-refractivity contribution >= 4 is 15.9 Å². The van der Waals surface area contributed by atoms with E-state index in [0.29, 0.717) is 62.9 Å². The summed E-state index contributed by atoms with van der Waals surface area (Å²) in [7, 11) is -2.15. The Morgan fingerprint density at radius 2 is 1.91 bits per heavy atom. The van der Waals surface area contributed by atoms with Crippen LogP contribution in [0.15, 0.2) is 47.4 Å². The van der Waals surface area contributed by atoms with E-state index in [2.05, 4.69) is 0 Å². The topological polar surface area (TPSA) is 85.4 Å². The third-order valence-corrected chi connectivity index (χ3v) is 8.01. The number of fused-ring (bicyclic) bond motifs is 1. The number of methoxy groups -OCH3 is 1. The van der Waals surface area contributed by atoms with Crippen LogP contribution in [0.25, 0.3) is 0 Å². The maximum atomic E-state index is 13.4. The number of benzene rings is 2. The molecule has 1 amide bonds. The van der Waals surface area contributed by atoms with Gasteiger partial charge in [-0.05, 0) is 50.1 Å². The van der Waals surface area contributed by atoms with Crippen LogP contribution in [0, 0.1) is 5.92 Å². The molecule has 0 aliphatic carbocycles. The van der Waals surface area contributed by atoms with Gasteiger partial charge in [0, 0.05) is 31.7 Å². The first-order valence-electron chi connectivity index (χ1n) is 11.2. The summed E-state index contributed by atoms with van der Waals surface area (Å²) in [5, 5.41) is 0. The van der Waals surface area contributed by atoms with Gasteiger partial charge >= 0.3 is 0 Å². The molecule has 2 aliphatic rings. The predicted molar refractivity (Wildman–Crippen MR) is 123 cm³/mol. The number of ether oxygens (including phenoxy) is 3. The number of hydrogen-bond donors (Lipinski definition) is 0. The SMILES string of the molecule is CCN(Cc1cccc2c1OCCO2)C(=O)C1CCCN(S(=O)(=O)c2ccc(OC)cc2)C1. The number of rotatable bonds is 7. The minimum Gasteiger partial charge on any atom is -0.497 e. The zero-order valence-electron chi connectivity index (χ0n) is 19.0. The van der Waals surface area contributed by atoms with Crippen molar-refractivity contribution in [3.8, 4) is 17.2 Å². The molecule has 9 heteroatoms. The van der Waals surface area contributed by atoms with Crippen LogP contribution in [0.2, 0.25) is 0 Å². The fourth-order valence-electron chi connectivity index (χ4n) is 4.33. The summed E-state index contributed by atoms with van der Waals surface area (Å²) in [5.74, 6) is 1.54. The fourth-order valence-corrected chi connectivity index (χ4v) is 5.85. The third kappa shape index (κ3) is 4.94. The average Bonchev–Trinajstić information content (AvgIpc) is 2.87. The minimum atomic E-state index is -3.69. The number of para-hydroxylation sites is 1. The van der Waals surface area contributed by atoms with E-state index in [1.54, 1.807) is 29.2 Å². The van der Waals surface area contributed by atoms with Crippen molar-refractivity contribution < 1.29 is 27.4 Å². The maximum absolute atomic E-state index is 13.4. The van der Waals surface area contributed by atoms with Gasteiger partial charge in [-0.2, -0.15) is 4.31 Å². The highest BCUT2D eigenvalue weighted by Gasteiger charge is 2.35. The Balaban J connectivity index is 1.48. The predicted octanol–water partition coefficient (Wildman–Crippen LogP) is 2.92. The van der Waals surface area contributed by atoms with Gasteiger partial charge in [-0.1, -0.05) is 12.1 Å². The van der Waals surface area contributed by atoms with Crippen LogP contribution in [0.3, 0.4) is 0 Å². The van der Waals surface area contributed by atoms with Gasteiger partial charge in [0.25, 0.3) is 0 Å². The van der Waals surface area contributed by atoms with Crippen LogP contribution in [0.4, 0.5) is 0 Å². The second-order valence-corrected chi connectivity index (χ2v) is 10.1. The lowest BCUT2D eigenvalue weighted by Gasteiger charge is -2.34. The highest BCUT2D eigenvalue weighted by molar-refractivity contribution is 7.89. The summed E-state index contributed by atoms with van der Waals surface area (Å²) in [4.78, 5) is 15.4. The van der Waals surface area contributed by atoms with Gasteiger partial charge in [-0.3, -0.25) is 4.79 Å².